The van der Waals surface area contributed by atoms with Gasteiger partial charge >= 0.3 is 0 Å². The van der Waals surface area contributed by atoms with E-state index in [0.717, 1.165) is 25.1 Å². The molecular weight excluding hydrogens is 160 g/mol. The van der Waals surface area contributed by atoms with Crippen LogP contribution in [-0.4, -0.2) is 18.5 Å². The molecule has 13 heavy (non-hydrogen) atoms. The van der Waals surface area contributed by atoms with E-state index in [2.05, 4.69) is 24.1 Å². The summed E-state index contributed by atoms with van der Waals surface area (Å²) in [6, 6.07) is 8.16. The van der Waals surface area contributed by atoms with E-state index in [1.54, 1.807) is 0 Å². The van der Waals surface area contributed by atoms with E-state index >= 15 is 0 Å². The van der Waals surface area contributed by atoms with Gasteiger partial charge in [0.1, 0.15) is 0 Å². The van der Waals surface area contributed by atoms with Gasteiger partial charge in [0.05, 0.1) is 11.6 Å². The van der Waals surface area contributed by atoms with Crippen molar-refractivity contribution in [2.75, 3.05) is 13.6 Å². The Hall–Kier alpha value is -1.33. The number of benzene rings is 1. The minimum Gasteiger partial charge on any atom is -0.302 e. The summed E-state index contributed by atoms with van der Waals surface area (Å²) in [5, 5.41) is 8.73. The molecule has 1 aliphatic heterocycles. The van der Waals surface area contributed by atoms with E-state index in [1.807, 2.05) is 12.1 Å². The van der Waals surface area contributed by atoms with Crippen molar-refractivity contribution in [3.05, 3.63) is 34.9 Å². The van der Waals surface area contributed by atoms with Gasteiger partial charge in [-0.25, -0.2) is 0 Å². The highest BCUT2D eigenvalue weighted by Crippen LogP contribution is 2.18. The average molecular weight is 172 g/mol. The van der Waals surface area contributed by atoms with Crippen LogP contribution in [0.5, 0.6) is 0 Å². The molecule has 1 aromatic rings. The van der Waals surface area contributed by atoms with Crippen molar-refractivity contribution < 1.29 is 0 Å². The lowest BCUT2D eigenvalue weighted by Crippen LogP contribution is -2.26. The van der Waals surface area contributed by atoms with Gasteiger partial charge in [-0.2, -0.15) is 5.26 Å². The number of rotatable bonds is 0. The molecule has 1 aromatic carbocycles. The van der Waals surface area contributed by atoms with Crippen molar-refractivity contribution in [1.29, 1.82) is 5.26 Å². The molecule has 0 aliphatic carbocycles. The molecule has 2 nitrogen and oxygen atoms in total. The highest BCUT2D eigenvalue weighted by molar-refractivity contribution is 5.39. The van der Waals surface area contributed by atoms with E-state index < -0.39 is 0 Å². The lowest BCUT2D eigenvalue weighted by Gasteiger charge is -2.24. The second kappa shape index (κ2) is 3.20. The predicted molar refractivity (Wildman–Crippen MR) is 51.2 cm³/mol. The maximum absolute atomic E-state index is 8.73. The molecule has 0 radical (unpaired) electrons. The molecule has 0 unspecified atom stereocenters. The Kier molecular flexibility index (Phi) is 2.03. The highest BCUT2D eigenvalue weighted by Gasteiger charge is 2.12. The minimum atomic E-state index is 0.781. The zero-order valence-corrected chi connectivity index (χ0v) is 7.75. The molecule has 0 N–H and O–H groups in total. The Labute approximate surface area is 78.4 Å². The van der Waals surface area contributed by atoms with Crippen molar-refractivity contribution in [1.82, 2.24) is 4.90 Å². The van der Waals surface area contributed by atoms with Gasteiger partial charge in [-0.05, 0) is 36.7 Å². The van der Waals surface area contributed by atoms with E-state index in [4.69, 9.17) is 5.26 Å². The van der Waals surface area contributed by atoms with Crippen LogP contribution in [0.4, 0.5) is 0 Å². The fourth-order valence-electron chi connectivity index (χ4n) is 1.76. The van der Waals surface area contributed by atoms with Gasteiger partial charge in [-0.15, -0.1) is 0 Å². The lowest BCUT2D eigenvalue weighted by atomic mass is 9.98. The van der Waals surface area contributed by atoms with Gasteiger partial charge in [0.2, 0.25) is 0 Å². The molecule has 0 bridgehead atoms. The van der Waals surface area contributed by atoms with Crippen LogP contribution in [0.15, 0.2) is 18.2 Å². The Morgan fingerprint density at radius 2 is 2.23 bits per heavy atom. The van der Waals surface area contributed by atoms with Crippen molar-refractivity contribution >= 4 is 0 Å². The summed E-state index contributed by atoms with van der Waals surface area (Å²) in [4.78, 5) is 2.30. The standard InChI is InChI=1S/C11H12N2/c1-13-5-4-10-6-9(7-12)2-3-11(10)8-13/h2-3,6H,4-5,8H2,1H3. The van der Waals surface area contributed by atoms with Crippen LogP contribution in [0.3, 0.4) is 0 Å². The van der Waals surface area contributed by atoms with Crippen molar-refractivity contribution in [2.45, 2.75) is 13.0 Å². The molecule has 0 amide bonds. The second-order valence-corrected chi connectivity index (χ2v) is 3.58. The lowest BCUT2D eigenvalue weighted by molar-refractivity contribution is 0.313. The maximum Gasteiger partial charge on any atom is 0.0991 e. The van der Waals surface area contributed by atoms with Crippen LogP contribution < -0.4 is 0 Å². The first-order valence-corrected chi connectivity index (χ1v) is 4.50. The molecule has 2 heteroatoms. The zero-order chi connectivity index (χ0) is 9.26. The number of nitriles is 1. The summed E-state index contributed by atoms with van der Waals surface area (Å²) >= 11 is 0. The quantitative estimate of drug-likeness (QED) is 0.593. The van der Waals surface area contributed by atoms with Gasteiger partial charge in [0.15, 0.2) is 0 Å². The topological polar surface area (TPSA) is 27.0 Å². The van der Waals surface area contributed by atoms with E-state index in [-0.39, 0.29) is 0 Å². The van der Waals surface area contributed by atoms with Gasteiger partial charge in [0.25, 0.3) is 0 Å². The molecule has 0 aromatic heterocycles. The fraction of sp³-hybridized carbons (Fsp3) is 0.364. The Balaban J connectivity index is 2.38. The molecule has 0 saturated carbocycles. The van der Waals surface area contributed by atoms with E-state index in [9.17, 15) is 0 Å². The summed E-state index contributed by atoms with van der Waals surface area (Å²) in [7, 11) is 2.13. The third kappa shape index (κ3) is 1.56. The first kappa shape index (κ1) is 8.28. The summed E-state index contributed by atoms with van der Waals surface area (Å²) in [5.74, 6) is 0. The van der Waals surface area contributed by atoms with Crippen LogP contribution in [0, 0.1) is 11.3 Å². The average Bonchev–Trinajstić information content (AvgIpc) is 2.17. The van der Waals surface area contributed by atoms with Crippen LogP contribution in [0.1, 0.15) is 16.7 Å². The molecule has 0 spiro atoms. The molecular formula is C11H12N2. The molecule has 0 fully saturated rings. The highest BCUT2D eigenvalue weighted by atomic mass is 15.1. The van der Waals surface area contributed by atoms with Crippen LogP contribution in [-0.2, 0) is 13.0 Å². The summed E-state index contributed by atoms with van der Waals surface area (Å²) in [6.45, 7) is 2.11. The van der Waals surface area contributed by atoms with Crippen molar-refractivity contribution in [2.24, 2.45) is 0 Å². The first-order chi connectivity index (χ1) is 6.29. The number of fused-ring (bicyclic) bond motifs is 1. The third-order valence-corrected chi connectivity index (χ3v) is 2.54. The van der Waals surface area contributed by atoms with Gasteiger partial charge in [-0.3, -0.25) is 0 Å². The van der Waals surface area contributed by atoms with Gasteiger partial charge < -0.3 is 4.90 Å². The SMILES string of the molecule is CN1CCc2cc(C#N)ccc2C1. The van der Waals surface area contributed by atoms with Crippen molar-refractivity contribution in [3.63, 3.8) is 0 Å². The number of hydrogen-bond donors (Lipinski definition) is 0. The number of likely N-dealkylation sites (N-methyl/N-ethyl adjacent to an activating group) is 1. The minimum absolute atomic E-state index is 0.781. The molecule has 0 atom stereocenters. The van der Waals surface area contributed by atoms with E-state index in [0.29, 0.717) is 0 Å². The molecule has 1 heterocycles. The smallest absolute Gasteiger partial charge is 0.0991 e. The second-order valence-electron chi connectivity index (χ2n) is 3.58. The largest absolute Gasteiger partial charge is 0.302 e. The molecule has 66 valence electrons. The van der Waals surface area contributed by atoms with Gasteiger partial charge in [0, 0.05) is 13.1 Å². The first-order valence-electron chi connectivity index (χ1n) is 4.50. The van der Waals surface area contributed by atoms with Gasteiger partial charge in [-0.1, -0.05) is 6.07 Å². The van der Waals surface area contributed by atoms with Crippen molar-refractivity contribution in [3.8, 4) is 6.07 Å². The van der Waals surface area contributed by atoms with E-state index in [1.165, 1.54) is 11.1 Å². The molecule has 1 aliphatic rings. The Morgan fingerprint density at radius 3 is 3.00 bits per heavy atom. The predicted octanol–water partition coefficient (Wildman–Crippen LogP) is 1.55. The Morgan fingerprint density at radius 1 is 1.38 bits per heavy atom. The summed E-state index contributed by atoms with van der Waals surface area (Å²) in [5.41, 5.74) is 3.49. The third-order valence-electron chi connectivity index (χ3n) is 2.54. The van der Waals surface area contributed by atoms with Crippen LogP contribution >= 0.6 is 0 Å². The number of hydrogen-bond acceptors (Lipinski definition) is 2. The summed E-state index contributed by atoms with van der Waals surface area (Å²) in [6.07, 6.45) is 1.07. The monoisotopic (exact) mass is 172 g/mol. The molecule has 2 rings (SSSR count). The zero-order valence-electron chi connectivity index (χ0n) is 7.75. The fourth-order valence-corrected chi connectivity index (χ4v) is 1.76. The van der Waals surface area contributed by atoms with Crippen LogP contribution in [0.2, 0.25) is 0 Å². The maximum atomic E-state index is 8.73. The van der Waals surface area contributed by atoms with Crippen LogP contribution in [0.25, 0.3) is 0 Å². The summed E-state index contributed by atoms with van der Waals surface area (Å²) < 4.78 is 0. The number of nitrogens with zero attached hydrogens (tertiary/aromatic N) is 2. The Bertz CT molecular complexity index is 363. The normalized spacial score (nSPS) is 16.3. The molecule has 0 saturated heterocycles.